The number of aryl methyl sites for hydroxylation is 1. The number of carbonyl (C=O) groups is 1. The molecule has 1 aromatic heterocycles. The van der Waals surface area contributed by atoms with Gasteiger partial charge in [0, 0.05) is 22.9 Å². The first-order valence-corrected chi connectivity index (χ1v) is 8.62. The molecule has 2 aliphatic rings. The Kier molecular flexibility index (Phi) is 4.33. The molecule has 116 valence electrons. The lowest BCUT2D eigenvalue weighted by Gasteiger charge is -2.26. The Hall–Kier alpha value is -0.910. The van der Waals surface area contributed by atoms with Crippen LogP contribution in [0.25, 0.3) is 0 Å². The van der Waals surface area contributed by atoms with Gasteiger partial charge in [0.05, 0.1) is 12.1 Å². The van der Waals surface area contributed by atoms with Gasteiger partial charge in [0.25, 0.3) is 0 Å². The molecular formula is C16H24N2O2S. The van der Waals surface area contributed by atoms with E-state index in [0.29, 0.717) is 12.5 Å². The van der Waals surface area contributed by atoms with Gasteiger partial charge in [-0.05, 0) is 37.8 Å². The van der Waals surface area contributed by atoms with Crippen LogP contribution in [0, 0.1) is 12.8 Å². The summed E-state index contributed by atoms with van der Waals surface area (Å²) in [6.45, 7) is 7.84. The van der Waals surface area contributed by atoms with Crippen LogP contribution in [0.3, 0.4) is 0 Å². The van der Waals surface area contributed by atoms with Gasteiger partial charge in [0.1, 0.15) is 6.17 Å². The van der Waals surface area contributed by atoms with Crippen molar-refractivity contribution < 1.29 is 9.53 Å². The second-order valence-corrected chi connectivity index (χ2v) is 7.68. The second-order valence-electron chi connectivity index (χ2n) is 6.36. The minimum atomic E-state index is -0.0844. The zero-order valence-corrected chi connectivity index (χ0v) is 13.8. The minimum absolute atomic E-state index is 0.00722. The topological polar surface area (TPSA) is 41.6 Å². The van der Waals surface area contributed by atoms with Gasteiger partial charge in [0.15, 0.2) is 0 Å². The second kappa shape index (κ2) is 6.07. The Labute approximate surface area is 130 Å². The number of nitrogens with zero attached hydrogens (tertiary/aromatic N) is 1. The summed E-state index contributed by atoms with van der Waals surface area (Å²) in [5.74, 6) is 0.520. The van der Waals surface area contributed by atoms with E-state index in [0.717, 1.165) is 19.4 Å². The molecule has 0 radical (unpaired) electrons. The molecule has 2 saturated heterocycles. The van der Waals surface area contributed by atoms with Crippen LogP contribution < -0.4 is 5.32 Å². The van der Waals surface area contributed by atoms with E-state index in [9.17, 15) is 4.79 Å². The maximum absolute atomic E-state index is 12.7. The van der Waals surface area contributed by atoms with Crippen LogP contribution in [-0.2, 0) is 9.53 Å². The van der Waals surface area contributed by atoms with Crippen LogP contribution in [0.1, 0.15) is 42.6 Å². The summed E-state index contributed by atoms with van der Waals surface area (Å²) in [4.78, 5) is 17.2. The lowest BCUT2D eigenvalue weighted by atomic mass is 10.0. The molecule has 21 heavy (non-hydrogen) atoms. The van der Waals surface area contributed by atoms with Crippen LogP contribution in [-0.4, -0.2) is 36.1 Å². The van der Waals surface area contributed by atoms with E-state index in [1.807, 2.05) is 4.90 Å². The highest BCUT2D eigenvalue weighted by atomic mass is 32.1. The Bertz CT molecular complexity index is 508. The van der Waals surface area contributed by atoms with E-state index in [1.54, 1.807) is 11.3 Å². The molecule has 0 saturated carbocycles. The van der Waals surface area contributed by atoms with Crippen LogP contribution in [0.15, 0.2) is 12.1 Å². The largest absolute Gasteiger partial charge is 0.376 e. The summed E-state index contributed by atoms with van der Waals surface area (Å²) in [7, 11) is 0. The minimum Gasteiger partial charge on any atom is -0.376 e. The molecule has 1 amide bonds. The van der Waals surface area contributed by atoms with Gasteiger partial charge in [-0.15, -0.1) is 11.3 Å². The summed E-state index contributed by atoms with van der Waals surface area (Å²) < 4.78 is 5.73. The molecular weight excluding hydrogens is 284 g/mol. The van der Waals surface area contributed by atoms with E-state index in [-0.39, 0.29) is 24.2 Å². The van der Waals surface area contributed by atoms with E-state index >= 15 is 0 Å². The van der Waals surface area contributed by atoms with Crippen LogP contribution in [0.4, 0.5) is 0 Å². The number of amides is 1. The van der Waals surface area contributed by atoms with Gasteiger partial charge in [-0.25, -0.2) is 0 Å². The van der Waals surface area contributed by atoms with Gasteiger partial charge in [-0.3, -0.25) is 10.1 Å². The predicted molar refractivity (Wildman–Crippen MR) is 84.2 cm³/mol. The van der Waals surface area contributed by atoms with E-state index in [1.165, 1.54) is 9.75 Å². The fourth-order valence-corrected chi connectivity index (χ4v) is 4.10. The first kappa shape index (κ1) is 15.0. The molecule has 3 unspecified atom stereocenters. The highest BCUT2D eigenvalue weighted by Crippen LogP contribution is 2.33. The SMILES string of the molecule is Cc1ccc(C2NC(C(C)C)C(=O)N2CC2CCCO2)s1. The molecule has 0 bridgehead atoms. The standard InChI is InChI=1S/C16H24N2O2S/c1-10(2)14-16(19)18(9-12-5-4-8-20-12)15(17-14)13-7-6-11(3)21-13/h6-7,10,12,14-15,17H,4-5,8-9H2,1-3H3. The van der Waals surface area contributed by atoms with Crippen LogP contribution in [0.2, 0.25) is 0 Å². The lowest BCUT2D eigenvalue weighted by molar-refractivity contribution is -0.132. The molecule has 0 aliphatic carbocycles. The van der Waals surface area contributed by atoms with Crippen molar-refractivity contribution in [1.29, 1.82) is 0 Å². The molecule has 0 spiro atoms. The van der Waals surface area contributed by atoms with Gasteiger partial charge < -0.3 is 9.64 Å². The molecule has 3 rings (SSSR count). The van der Waals surface area contributed by atoms with E-state index in [4.69, 9.17) is 4.74 Å². The third kappa shape index (κ3) is 3.00. The number of ether oxygens (including phenoxy) is 1. The van der Waals surface area contributed by atoms with Crippen molar-refractivity contribution in [3.8, 4) is 0 Å². The Balaban J connectivity index is 1.82. The fraction of sp³-hybridized carbons (Fsp3) is 0.688. The monoisotopic (exact) mass is 308 g/mol. The quantitative estimate of drug-likeness (QED) is 0.930. The summed E-state index contributed by atoms with van der Waals surface area (Å²) >= 11 is 1.77. The molecule has 1 N–H and O–H groups in total. The zero-order valence-electron chi connectivity index (χ0n) is 13.0. The third-order valence-electron chi connectivity index (χ3n) is 4.32. The van der Waals surface area contributed by atoms with Crippen LogP contribution >= 0.6 is 11.3 Å². The zero-order chi connectivity index (χ0) is 15.0. The van der Waals surface area contributed by atoms with Crippen molar-refractivity contribution in [2.24, 2.45) is 5.92 Å². The maximum atomic E-state index is 12.7. The molecule has 2 aliphatic heterocycles. The maximum Gasteiger partial charge on any atom is 0.241 e. The number of rotatable bonds is 4. The van der Waals surface area contributed by atoms with E-state index in [2.05, 4.69) is 38.2 Å². The lowest BCUT2D eigenvalue weighted by Crippen LogP contribution is -2.38. The van der Waals surface area contributed by atoms with Gasteiger partial charge in [-0.1, -0.05) is 13.8 Å². The Morgan fingerprint density at radius 1 is 1.48 bits per heavy atom. The molecule has 4 nitrogen and oxygen atoms in total. The molecule has 5 heteroatoms. The first-order valence-electron chi connectivity index (χ1n) is 7.80. The Morgan fingerprint density at radius 3 is 2.86 bits per heavy atom. The first-order chi connectivity index (χ1) is 10.1. The highest BCUT2D eigenvalue weighted by molar-refractivity contribution is 7.12. The smallest absolute Gasteiger partial charge is 0.241 e. The molecule has 3 heterocycles. The highest BCUT2D eigenvalue weighted by Gasteiger charge is 2.42. The van der Waals surface area contributed by atoms with E-state index < -0.39 is 0 Å². The normalized spacial score (nSPS) is 29.8. The molecule has 3 atom stereocenters. The van der Waals surface area contributed by atoms with Gasteiger partial charge in [0.2, 0.25) is 5.91 Å². The predicted octanol–water partition coefficient (Wildman–Crippen LogP) is 2.69. The average molecular weight is 308 g/mol. The van der Waals surface area contributed by atoms with Crippen molar-refractivity contribution in [1.82, 2.24) is 10.2 Å². The number of hydrogen-bond acceptors (Lipinski definition) is 4. The summed E-state index contributed by atoms with van der Waals surface area (Å²) in [6.07, 6.45) is 2.38. The van der Waals surface area contributed by atoms with Gasteiger partial charge >= 0.3 is 0 Å². The van der Waals surface area contributed by atoms with Gasteiger partial charge in [-0.2, -0.15) is 0 Å². The van der Waals surface area contributed by atoms with Crippen molar-refractivity contribution in [2.45, 2.75) is 51.9 Å². The van der Waals surface area contributed by atoms with Crippen molar-refractivity contribution >= 4 is 17.2 Å². The fourth-order valence-electron chi connectivity index (χ4n) is 3.15. The third-order valence-corrected chi connectivity index (χ3v) is 5.37. The number of hydrogen-bond donors (Lipinski definition) is 1. The number of thiophene rings is 1. The molecule has 0 aromatic carbocycles. The van der Waals surface area contributed by atoms with Crippen molar-refractivity contribution in [3.63, 3.8) is 0 Å². The Morgan fingerprint density at radius 2 is 2.29 bits per heavy atom. The summed E-state index contributed by atoms with van der Waals surface area (Å²) in [5, 5.41) is 3.53. The average Bonchev–Trinajstić information content (AvgIpc) is 3.13. The van der Waals surface area contributed by atoms with Crippen LogP contribution in [0.5, 0.6) is 0 Å². The van der Waals surface area contributed by atoms with Crippen molar-refractivity contribution in [2.75, 3.05) is 13.2 Å². The summed E-state index contributed by atoms with van der Waals surface area (Å²) in [5.41, 5.74) is 0. The van der Waals surface area contributed by atoms with Crippen molar-refractivity contribution in [3.05, 3.63) is 21.9 Å². The molecule has 2 fully saturated rings. The molecule has 1 aromatic rings. The number of carbonyl (C=O) groups excluding carboxylic acids is 1. The number of nitrogens with one attached hydrogen (secondary N) is 1. The summed E-state index contributed by atoms with van der Waals surface area (Å²) in [6, 6.07) is 4.17.